The van der Waals surface area contributed by atoms with Crippen molar-refractivity contribution in [3.05, 3.63) is 36.2 Å². The Morgan fingerprint density at radius 2 is 2.13 bits per heavy atom. The Hall–Kier alpha value is -2.44. The quantitative estimate of drug-likeness (QED) is 0.938. The van der Waals surface area contributed by atoms with Gasteiger partial charge >= 0.3 is 6.09 Å². The van der Waals surface area contributed by atoms with Gasteiger partial charge in [-0.25, -0.2) is 13.9 Å². The third-order valence-corrected chi connectivity index (χ3v) is 3.30. The molecule has 23 heavy (non-hydrogen) atoms. The summed E-state index contributed by atoms with van der Waals surface area (Å²) in [5, 5.41) is 7.21. The zero-order valence-electron chi connectivity index (χ0n) is 13.3. The molecule has 1 saturated carbocycles. The molecule has 3 rings (SSSR count). The van der Waals surface area contributed by atoms with Crippen molar-refractivity contribution in [3.8, 4) is 5.69 Å². The highest BCUT2D eigenvalue weighted by Crippen LogP contribution is 2.42. The van der Waals surface area contributed by atoms with Crippen LogP contribution >= 0.6 is 0 Å². The molecule has 1 aliphatic rings. The number of hydrogen-bond acceptors (Lipinski definition) is 4. The number of amides is 1. The molecule has 0 radical (unpaired) electrons. The average Bonchev–Trinajstić information content (AvgIpc) is 3.18. The number of halogens is 1. The molecular weight excluding hydrogens is 299 g/mol. The van der Waals surface area contributed by atoms with E-state index in [-0.39, 0.29) is 0 Å². The van der Waals surface area contributed by atoms with Gasteiger partial charge in [0.05, 0.1) is 35.7 Å². The van der Waals surface area contributed by atoms with E-state index in [2.05, 4.69) is 15.4 Å². The molecule has 0 saturated heterocycles. The molecule has 0 atom stereocenters. The van der Waals surface area contributed by atoms with Crippen molar-refractivity contribution >= 4 is 11.8 Å². The van der Waals surface area contributed by atoms with Crippen LogP contribution in [0.3, 0.4) is 0 Å². The van der Waals surface area contributed by atoms with Gasteiger partial charge in [-0.1, -0.05) is 0 Å². The second-order valence-corrected chi connectivity index (χ2v) is 6.64. The standard InChI is InChI=1S/C16H19FN4O2/c1-16(2,3)23-15(22)19-13-9-21(20-14(13)10-4-5-10)12-6-11(17)7-18-8-12/h6-10H,4-5H2,1-3H3,(H,19,22). The first-order valence-electron chi connectivity index (χ1n) is 7.52. The first kappa shape index (κ1) is 15.5. The summed E-state index contributed by atoms with van der Waals surface area (Å²) >= 11 is 0. The second-order valence-electron chi connectivity index (χ2n) is 6.64. The van der Waals surface area contributed by atoms with Crippen molar-refractivity contribution in [1.29, 1.82) is 0 Å². The minimum atomic E-state index is -0.577. The van der Waals surface area contributed by atoms with Crippen LogP contribution in [-0.2, 0) is 4.74 Å². The number of hydrogen-bond donors (Lipinski definition) is 1. The minimum absolute atomic E-state index is 0.322. The highest BCUT2D eigenvalue weighted by molar-refractivity contribution is 5.85. The van der Waals surface area contributed by atoms with Crippen molar-refractivity contribution in [2.75, 3.05) is 5.32 Å². The summed E-state index contributed by atoms with van der Waals surface area (Å²) in [5.41, 5.74) is 1.31. The van der Waals surface area contributed by atoms with Gasteiger partial charge in [-0.2, -0.15) is 5.10 Å². The maximum Gasteiger partial charge on any atom is 0.412 e. The zero-order valence-corrected chi connectivity index (χ0v) is 13.3. The predicted molar refractivity (Wildman–Crippen MR) is 83.1 cm³/mol. The average molecular weight is 318 g/mol. The minimum Gasteiger partial charge on any atom is -0.444 e. The molecule has 2 heterocycles. The van der Waals surface area contributed by atoms with Crippen molar-refractivity contribution in [3.63, 3.8) is 0 Å². The second kappa shape index (κ2) is 5.64. The molecule has 7 heteroatoms. The summed E-state index contributed by atoms with van der Waals surface area (Å²) in [7, 11) is 0. The topological polar surface area (TPSA) is 69.0 Å². The summed E-state index contributed by atoms with van der Waals surface area (Å²) in [4.78, 5) is 15.8. The van der Waals surface area contributed by atoms with E-state index in [4.69, 9.17) is 4.74 Å². The molecular formula is C16H19FN4O2. The van der Waals surface area contributed by atoms with Crippen LogP contribution in [0.1, 0.15) is 45.2 Å². The van der Waals surface area contributed by atoms with E-state index in [0.717, 1.165) is 24.7 Å². The molecule has 0 aromatic carbocycles. The number of aromatic nitrogens is 3. The Morgan fingerprint density at radius 3 is 2.74 bits per heavy atom. The molecule has 0 spiro atoms. The van der Waals surface area contributed by atoms with Crippen LogP contribution < -0.4 is 5.32 Å². The molecule has 0 unspecified atom stereocenters. The molecule has 2 aromatic rings. The highest BCUT2D eigenvalue weighted by atomic mass is 19.1. The van der Waals surface area contributed by atoms with E-state index in [1.54, 1.807) is 27.0 Å². The smallest absolute Gasteiger partial charge is 0.412 e. The molecule has 0 aliphatic heterocycles. The summed E-state index contributed by atoms with van der Waals surface area (Å²) in [6.07, 6.45) is 5.84. The summed E-state index contributed by atoms with van der Waals surface area (Å²) in [5.74, 6) is -0.115. The van der Waals surface area contributed by atoms with Crippen LogP contribution in [0.5, 0.6) is 0 Å². The Labute approximate surface area is 133 Å². The third kappa shape index (κ3) is 3.85. The van der Waals surface area contributed by atoms with E-state index < -0.39 is 17.5 Å². The molecule has 2 aromatic heterocycles. The Kier molecular flexibility index (Phi) is 3.79. The molecule has 1 aliphatic carbocycles. The largest absolute Gasteiger partial charge is 0.444 e. The number of pyridine rings is 1. The van der Waals surface area contributed by atoms with Gasteiger partial charge in [-0.15, -0.1) is 0 Å². The van der Waals surface area contributed by atoms with Gasteiger partial charge in [0.15, 0.2) is 0 Å². The van der Waals surface area contributed by atoms with Gasteiger partial charge in [0, 0.05) is 12.0 Å². The maximum absolute atomic E-state index is 13.3. The lowest BCUT2D eigenvalue weighted by Gasteiger charge is -2.19. The van der Waals surface area contributed by atoms with Gasteiger partial charge in [-0.3, -0.25) is 10.3 Å². The fourth-order valence-electron chi connectivity index (χ4n) is 2.21. The Morgan fingerprint density at radius 1 is 1.39 bits per heavy atom. The Balaban J connectivity index is 1.86. The lowest BCUT2D eigenvalue weighted by atomic mass is 10.2. The van der Waals surface area contributed by atoms with E-state index in [1.165, 1.54) is 16.9 Å². The molecule has 1 fully saturated rings. The summed E-state index contributed by atoms with van der Waals surface area (Å²) in [6, 6.07) is 1.34. The van der Waals surface area contributed by atoms with Crippen LogP contribution in [0, 0.1) is 5.82 Å². The van der Waals surface area contributed by atoms with Gasteiger partial charge < -0.3 is 4.74 Å². The Bertz CT molecular complexity index is 732. The van der Waals surface area contributed by atoms with E-state index >= 15 is 0 Å². The van der Waals surface area contributed by atoms with Crippen molar-refractivity contribution in [2.24, 2.45) is 0 Å². The normalized spacial score (nSPS) is 14.6. The van der Waals surface area contributed by atoms with E-state index in [0.29, 0.717) is 17.3 Å². The fraction of sp³-hybridized carbons (Fsp3) is 0.438. The molecule has 6 nitrogen and oxygen atoms in total. The van der Waals surface area contributed by atoms with Crippen molar-refractivity contribution in [2.45, 2.75) is 45.1 Å². The number of carbonyl (C=O) groups is 1. The molecule has 1 N–H and O–H groups in total. The van der Waals surface area contributed by atoms with E-state index in [9.17, 15) is 9.18 Å². The first-order chi connectivity index (χ1) is 10.8. The van der Waals surface area contributed by atoms with Crippen LogP contribution in [0.4, 0.5) is 14.9 Å². The number of rotatable bonds is 3. The van der Waals surface area contributed by atoms with Gasteiger partial charge in [0.2, 0.25) is 0 Å². The van der Waals surface area contributed by atoms with E-state index in [1.807, 2.05) is 0 Å². The monoisotopic (exact) mass is 318 g/mol. The molecule has 122 valence electrons. The number of nitrogens with one attached hydrogen (secondary N) is 1. The van der Waals surface area contributed by atoms with Crippen molar-refractivity contribution in [1.82, 2.24) is 14.8 Å². The SMILES string of the molecule is CC(C)(C)OC(=O)Nc1cn(-c2cncc(F)c2)nc1C1CC1. The lowest BCUT2D eigenvalue weighted by molar-refractivity contribution is 0.0636. The number of nitrogens with zero attached hydrogens (tertiary/aromatic N) is 3. The van der Waals surface area contributed by atoms with Crippen molar-refractivity contribution < 1.29 is 13.9 Å². The van der Waals surface area contributed by atoms with Crippen LogP contribution in [0.2, 0.25) is 0 Å². The number of ether oxygens (including phenoxy) is 1. The fourth-order valence-corrected chi connectivity index (χ4v) is 2.21. The molecule has 0 bridgehead atoms. The van der Waals surface area contributed by atoms with Crippen LogP contribution in [0.25, 0.3) is 5.69 Å². The predicted octanol–water partition coefficient (Wildman–Crippen LogP) is 3.63. The number of carbonyl (C=O) groups excluding carboxylic acids is 1. The molecule has 1 amide bonds. The van der Waals surface area contributed by atoms with Crippen LogP contribution in [-0.4, -0.2) is 26.5 Å². The van der Waals surface area contributed by atoms with Gasteiger partial charge in [0.25, 0.3) is 0 Å². The maximum atomic E-state index is 13.3. The lowest BCUT2D eigenvalue weighted by Crippen LogP contribution is -2.27. The van der Waals surface area contributed by atoms with Crippen LogP contribution in [0.15, 0.2) is 24.7 Å². The number of anilines is 1. The first-order valence-corrected chi connectivity index (χ1v) is 7.52. The summed E-state index contributed by atoms with van der Waals surface area (Å²) in [6.45, 7) is 5.41. The third-order valence-electron chi connectivity index (χ3n) is 3.30. The van der Waals surface area contributed by atoms with Gasteiger partial charge in [-0.05, 0) is 33.6 Å². The zero-order chi connectivity index (χ0) is 16.6. The van der Waals surface area contributed by atoms with Gasteiger partial charge in [0.1, 0.15) is 11.4 Å². The summed E-state index contributed by atoms with van der Waals surface area (Å²) < 4.78 is 20.1. The highest BCUT2D eigenvalue weighted by Gasteiger charge is 2.30.